The molecule has 6 heteroatoms. The molecule has 6 nitrogen and oxygen atoms in total. The summed E-state index contributed by atoms with van der Waals surface area (Å²) in [6.45, 7) is 0.154. The molecule has 0 atom stereocenters. The molecule has 0 aliphatic carbocycles. The maximum absolute atomic E-state index is 11.6. The number of aromatic nitrogens is 1. The number of carbonyl (C=O) groups excluding carboxylic acids is 1. The molecule has 108 valence electrons. The third-order valence-corrected chi connectivity index (χ3v) is 2.62. The van der Waals surface area contributed by atoms with Crippen molar-refractivity contribution in [3.63, 3.8) is 0 Å². The molecule has 1 amide bonds. The van der Waals surface area contributed by atoms with Crippen molar-refractivity contribution in [1.29, 1.82) is 0 Å². The summed E-state index contributed by atoms with van der Waals surface area (Å²) in [5.41, 5.74) is 1.43. The van der Waals surface area contributed by atoms with Crippen molar-refractivity contribution in [2.24, 2.45) is 0 Å². The summed E-state index contributed by atoms with van der Waals surface area (Å²) in [4.78, 5) is 26.2. The Labute approximate surface area is 121 Å². The van der Waals surface area contributed by atoms with Gasteiger partial charge in [-0.1, -0.05) is 30.3 Å². The minimum atomic E-state index is -0.946. The zero-order chi connectivity index (χ0) is 15.1. The second kappa shape index (κ2) is 7.04. The number of carboxylic acid groups (broad SMARTS) is 1. The number of anilines is 1. The second-order valence-electron chi connectivity index (χ2n) is 4.31. The van der Waals surface area contributed by atoms with Gasteiger partial charge in [-0.3, -0.25) is 10.1 Å². The Morgan fingerprint density at radius 1 is 1.14 bits per heavy atom. The minimum Gasteiger partial charge on any atom is -0.481 e. The van der Waals surface area contributed by atoms with Crippen molar-refractivity contribution in [1.82, 2.24) is 4.98 Å². The van der Waals surface area contributed by atoms with Gasteiger partial charge < -0.3 is 9.84 Å². The molecular formula is C15H14N2O4. The van der Waals surface area contributed by atoms with Gasteiger partial charge in [-0.2, -0.15) is 0 Å². The second-order valence-corrected chi connectivity index (χ2v) is 4.31. The summed E-state index contributed by atoms with van der Waals surface area (Å²) in [5.74, 6) is -0.689. The van der Waals surface area contributed by atoms with E-state index >= 15 is 0 Å². The molecule has 0 bridgehead atoms. The molecule has 0 aliphatic heterocycles. The van der Waals surface area contributed by atoms with Crippen LogP contribution in [0.1, 0.15) is 11.1 Å². The van der Waals surface area contributed by atoms with Crippen LogP contribution in [-0.2, 0) is 22.6 Å². The molecule has 0 fully saturated rings. The van der Waals surface area contributed by atoms with E-state index in [0.717, 1.165) is 5.56 Å². The van der Waals surface area contributed by atoms with Gasteiger partial charge in [0.05, 0.1) is 6.42 Å². The van der Waals surface area contributed by atoms with E-state index in [4.69, 9.17) is 9.84 Å². The topological polar surface area (TPSA) is 88.5 Å². The molecule has 2 N–H and O–H groups in total. The van der Waals surface area contributed by atoms with E-state index < -0.39 is 12.1 Å². The van der Waals surface area contributed by atoms with Crippen LogP contribution < -0.4 is 5.32 Å². The smallest absolute Gasteiger partial charge is 0.413 e. The molecule has 1 aromatic heterocycles. The fraction of sp³-hybridized carbons (Fsp3) is 0.133. The van der Waals surface area contributed by atoms with E-state index in [1.807, 2.05) is 30.3 Å². The number of benzene rings is 1. The summed E-state index contributed by atoms with van der Waals surface area (Å²) < 4.78 is 5.05. The van der Waals surface area contributed by atoms with E-state index in [1.54, 1.807) is 6.07 Å². The van der Waals surface area contributed by atoms with Crippen molar-refractivity contribution in [2.75, 3.05) is 5.32 Å². The van der Waals surface area contributed by atoms with E-state index in [1.165, 1.54) is 12.3 Å². The maximum atomic E-state index is 11.6. The fourth-order valence-electron chi connectivity index (χ4n) is 1.69. The third-order valence-electron chi connectivity index (χ3n) is 2.62. The molecule has 0 radical (unpaired) electrons. The highest BCUT2D eigenvalue weighted by Gasteiger charge is 2.07. The largest absolute Gasteiger partial charge is 0.481 e. The van der Waals surface area contributed by atoms with Gasteiger partial charge in [0.25, 0.3) is 0 Å². The number of pyridine rings is 1. The predicted octanol–water partition coefficient (Wildman–Crippen LogP) is 2.46. The maximum Gasteiger partial charge on any atom is 0.413 e. The number of rotatable bonds is 5. The van der Waals surface area contributed by atoms with Crippen LogP contribution in [0.25, 0.3) is 0 Å². The van der Waals surface area contributed by atoms with Gasteiger partial charge >= 0.3 is 12.1 Å². The minimum absolute atomic E-state index is 0.129. The number of hydrogen-bond donors (Lipinski definition) is 2. The van der Waals surface area contributed by atoms with Crippen LogP contribution in [-0.4, -0.2) is 22.2 Å². The summed E-state index contributed by atoms with van der Waals surface area (Å²) in [6.07, 6.45) is 0.667. The number of nitrogens with zero attached hydrogens (tertiary/aromatic N) is 1. The van der Waals surface area contributed by atoms with Gasteiger partial charge in [0.2, 0.25) is 0 Å². The van der Waals surface area contributed by atoms with Crippen molar-refractivity contribution >= 4 is 17.9 Å². The molecular weight excluding hydrogens is 272 g/mol. The van der Waals surface area contributed by atoms with Crippen LogP contribution in [0, 0.1) is 0 Å². The van der Waals surface area contributed by atoms with Gasteiger partial charge in [-0.05, 0) is 23.3 Å². The first-order valence-electron chi connectivity index (χ1n) is 6.28. The standard InChI is InChI=1S/C15H14N2O4/c18-14(19)9-12-6-7-16-13(8-12)17-15(20)21-10-11-4-2-1-3-5-11/h1-8H,9-10H2,(H,18,19)(H,16,17,20). The molecule has 0 unspecified atom stereocenters. The molecule has 0 aliphatic rings. The lowest BCUT2D eigenvalue weighted by Crippen LogP contribution is -2.14. The lowest BCUT2D eigenvalue weighted by molar-refractivity contribution is -0.136. The van der Waals surface area contributed by atoms with Gasteiger partial charge in [-0.15, -0.1) is 0 Å². The first kappa shape index (κ1) is 14.5. The monoisotopic (exact) mass is 286 g/mol. The molecule has 0 saturated carbocycles. The highest BCUT2D eigenvalue weighted by Crippen LogP contribution is 2.09. The van der Waals surface area contributed by atoms with Crippen LogP contribution in [0.15, 0.2) is 48.7 Å². The number of carbonyl (C=O) groups is 2. The first-order chi connectivity index (χ1) is 10.1. The Balaban J connectivity index is 1.89. The van der Waals surface area contributed by atoms with Crippen LogP contribution >= 0.6 is 0 Å². The molecule has 21 heavy (non-hydrogen) atoms. The summed E-state index contributed by atoms with van der Waals surface area (Å²) in [7, 11) is 0. The average Bonchev–Trinajstić information content (AvgIpc) is 2.46. The number of amides is 1. The number of ether oxygens (including phenoxy) is 1. The number of nitrogens with one attached hydrogen (secondary N) is 1. The quantitative estimate of drug-likeness (QED) is 0.881. The third kappa shape index (κ3) is 4.94. The average molecular weight is 286 g/mol. The van der Waals surface area contributed by atoms with E-state index in [2.05, 4.69) is 10.3 Å². The predicted molar refractivity (Wildman–Crippen MR) is 75.8 cm³/mol. The van der Waals surface area contributed by atoms with Gasteiger partial charge in [-0.25, -0.2) is 9.78 Å². The summed E-state index contributed by atoms with van der Waals surface area (Å²) in [5, 5.41) is 11.2. The normalized spacial score (nSPS) is 9.90. The van der Waals surface area contributed by atoms with Crippen LogP contribution in [0.3, 0.4) is 0 Å². The molecule has 2 rings (SSSR count). The van der Waals surface area contributed by atoms with Crippen molar-refractivity contribution in [2.45, 2.75) is 13.0 Å². The summed E-state index contributed by atoms with van der Waals surface area (Å²) in [6, 6.07) is 12.4. The number of carboxylic acids is 1. The SMILES string of the molecule is O=C(O)Cc1ccnc(NC(=O)OCc2ccccc2)c1. The highest BCUT2D eigenvalue weighted by atomic mass is 16.5. The fourth-order valence-corrected chi connectivity index (χ4v) is 1.69. The van der Waals surface area contributed by atoms with Gasteiger partial charge in [0, 0.05) is 6.20 Å². The number of hydrogen-bond acceptors (Lipinski definition) is 4. The van der Waals surface area contributed by atoms with E-state index in [9.17, 15) is 9.59 Å². The Bertz CT molecular complexity index is 629. The van der Waals surface area contributed by atoms with E-state index in [0.29, 0.717) is 5.56 Å². The highest BCUT2D eigenvalue weighted by molar-refractivity contribution is 5.83. The van der Waals surface area contributed by atoms with Crippen LogP contribution in [0.4, 0.5) is 10.6 Å². The summed E-state index contributed by atoms with van der Waals surface area (Å²) >= 11 is 0. The molecule has 0 spiro atoms. The van der Waals surface area contributed by atoms with Crippen LogP contribution in [0.2, 0.25) is 0 Å². The van der Waals surface area contributed by atoms with E-state index in [-0.39, 0.29) is 18.8 Å². The Morgan fingerprint density at radius 3 is 2.62 bits per heavy atom. The lowest BCUT2D eigenvalue weighted by Gasteiger charge is -2.07. The molecule has 1 heterocycles. The number of aliphatic carboxylic acids is 1. The molecule has 0 saturated heterocycles. The Morgan fingerprint density at radius 2 is 1.90 bits per heavy atom. The first-order valence-corrected chi connectivity index (χ1v) is 6.28. The van der Waals surface area contributed by atoms with Crippen molar-refractivity contribution < 1.29 is 19.4 Å². The zero-order valence-electron chi connectivity index (χ0n) is 11.2. The van der Waals surface area contributed by atoms with Gasteiger partial charge in [0.15, 0.2) is 0 Å². The Kier molecular flexibility index (Phi) is 4.87. The van der Waals surface area contributed by atoms with Crippen LogP contribution in [0.5, 0.6) is 0 Å². The zero-order valence-corrected chi connectivity index (χ0v) is 11.2. The lowest BCUT2D eigenvalue weighted by atomic mass is 10.2. The van der Waals surface area contributed by atoms with Crippen molar-refractivity contribution in [3.05, 3.63) is 59.8 Å². The molecule has 2 aromatic rings. The molecule has 1 aromatic carbocycles. The van der Waals surface area contributed by atoms with Gasteiger partial charge in [0.1, 0.15) is 12.4 Å². The van der Waals surface area contributed by atoms with Crippen molar-refractivity contribution in [3.8, 4) is 0 Å². The Hall–Kier alpha value is -2.89.